The van der Waals surface area contributed by atoms with Crippen LogP contribution in [0.5, 0.6) is 0 Å². The lowest BCUT2D eigenvalue weighted by molar-refractivity contribution is 0.00253. The Labute approximate surface area is 90.0 Å². The number of nitrogens with one attached hydrogen (secondary N) is 1. The number of pyridine rings is 1. The molecule has 0 saturated carbocycles. The minimum Gasteiger partial charge on any atom is -0.393 e. The van der Waals surface area contributed by atoms with E-state index in [4.69, 9.17) is 5.11 Å². The number of hydrogen-bond donors (Lipinski definition) is 3. The van der Waals surface area contributed by atoms with Gasteiger partial charge in [0.1, 0.15) is 0 Å². The van der Waals surface area contributed by atoms with Crippen LogP contribution in [0.1, 0.15) is 18.1 Å². The van der Waals surface area contributed by atoms with Gasteiger partial charge in [-0.15, -0.1) is 0 Å². The first kappa shape index (κ1) is 12.1. The molecule has 0 spiro atoms. The molecule has 1 aromatic rings. The van der Waals surface area contributed by atoms with Crippen molar-refractivity contribution in [1.29, 1.82) is 0 Å². The summed E-state index contributed by atoms with van der Waals surface area (Å²) in [4.78, 5) is 4.07. The van der Waals surface area contributed by atoms with Crippen LogP contribution < -0.4 is 5.32 Å². The molecule has 0 radical (unpaired) electrons. The van der Waals surface area contributed by atoms with Crippen LogP contribution in [0.4, 0.5) is 0 Å². The van der Waals surface area contributed by atoms with Crippen LogP contribution in [0.3, 0.4) is 0 Å². The van der Waals surface area contributed by atoms with Crippen molar-refractivity contribution in [2.24, 2.45) is 0 Å². The third-order valence-electron chi connectivity index (χ3n) is 2.11. The minimum absolute atomic E-state index is 0.244. The van der Waals surface area contributed by atoms with Crippen LogP contribution in [0.2, 0.25) is 0 Å². The molecule has 0 bridgehead atoms. The zero-order valence-electron chi connectivity index (χ0n) is 9.20. The Kier molecular flexibility index (Phi) is 4.20. The van der Waals surface area contributed by atoms with Gasteiger partial charge >= 0.3 is 0 Å². The molecule has 1 atom stereocenters. The van der Waals surface area contributed by atoms with Crippen molar-refractivity contribution in [2.45, 2.75) is 26.0 Å². The summed E-state index contributed by atoms with van der Waals surface area (Å²) in [5, 5.41) is 21.4. The maximum atomic E-state index is 9.53. The topological polar surface area (TPSA) is 65.4 Å². The van der Waals surface area contributed by atoms with Crippen molar-refractivity contribution in [2.75, 3.05) is 13.2 Å². The summed E-state index contributed by atoms with van der Waals surface area (Å²) in [6.45, 7) is 4.34. The molecule has 3 N–H and O–H groups in total. The maximum absolute atomic E-state index is 9.53. The van der Waals surface area contributed by atoms with E-state index in [1.807, 2.05) is 13.0 Å². The van der Waals surface area contributed by atoms with Crippen molar-refractivity contribution in [3.8, 4) is 0 Å². The van der Waals surface area contributed by atoms with Crippen molar-refractivity contribution in [3.63, 3.8) is 0 Å². The lowest BCUT2D eigenvalue weighted by atomic mass is 10.1. The average Bonchev–Trinajstić information content (AvgIpc) is 2.18. The maximum Gasteiger partial charge on any atom is 0.0972 e. The monoisotopic (exact) mass is 210 g/mol. The summed E-state index contributed by atoms with van der Waals surface area (Å²) in [6.07, 6.45) is 3.58. The van der Waals surface area contributed by atoms with Crippen molar-refractivity contribution in [1.82, 2.24) is 10.3 Å². The van der Waals surface area contributed by atoms with Gasteiger partial charge in [0.05, 0.1) is 12.2 Å². The highest BCUT2D eigenvalue weighted by Gasteiger charge is 2.17. The second-order valence-corrected chi connectivity index (χ2v) is 4.13. The standard InChI is InChI=1S/C11H18N2O2/c1-9-3-10(5-12-4-9)6-13-7-11(2,15)8-14/h3-5,13-15H,6-8H2,1-2H3. The smallest absolute Gasteiger partial charge is 0.0972 e. The van der Waals surface area contributed by atoms with Crippen LogP contribution in [-0.4, -0.2) is 33.9 Å². The van der Waals surface area contributed by atoms with Gasteiger partial charge in [-0.25, -0.2) is 0 Å². The van der Waals surface area contributed by atoms with Gasteiger partial charge in [-0.2, -0.15) is 0 Å². The highest BCUT2D eigenvalue weighted by Crippen LogP contribution is 2.02. The zero-order valence-corrected chi connectivity index (χ0v) is 9.20. The summed E-state index contributed by atoms with van der Waals surface area (Å²) in [6, 6.07) is 2.04. The second kappa shape index (κ2) is 5.21. The molecule has 1 rings (SSSR count). The Hall–Kier alpha value is -0.970. The summed E-state index contributed by atoms with van der Waals surface area (Å²) < 4.78 is 0. The van der Waals surface area contributed by atoms with Gasteiger partial charge in [0.15, 0.2) is 0 Å². The molecule has 1 aromatic heterocycles. The first-order valence-electron chi connectivity index (χ1n) is 4.98. The molecule has 0 aliphatic heterocycles. The van der Waals surface area contributed by atoms with Gasteiger partial charge in [0.2, 0.25) is 0 Å². The molecular weight excluding hydrogens is 192 g/mol. The SMILES string of the molecule is Cc1cncc(CNCC(C)(O)CO)c1. The van der Waals surface area contributed by atoms with E-state index in [1.54, 1.807) is 19.3 Å². The van der Waals surface area contributed by atoms with E-state index in [2.05, 4.69) is 10.3 Å². The normalized spacial score (nSPS) is 14.9. The van der Waals surface area contributed by atoms with E-state index < -0.39 is 5.60 Å². The molecule has 0 aromatic carbocycles. The van der Waals surface area contributed by atoms with E-state index in [1.165, 1.54) is 0 Å². The number of aliphatic hydroxyl groups is 2. The number of rotatable bonds is 5. The van der Waals surface area contributed by atoms with Gasteiger partial charge < -0.3 is 15.5 Å². The van der Waals surface area contributed by atoms with Crippen LogP contribution >= 0.6 is 0 Å². The number of nitrogens with zero attached hydrogens (tertiary/aromatic N) is 1. The number of aryl methyl sites for hydroxylation is 1. The van der Waals surface area contributed by atoms with Crippen molar-refractivity contribution in [3.05, 3.63) is 29.6 Å². The fourth-order valence-electron chi connectivity index (χ4n) is 1.25. The molecule has 0 amide bonds. The van der Waals surface area contributed by atoms with Crippen LogP contribution in [0.15, 0.2) is 18.5 Å². The average molecular weight is 210 g/mol. The van der Waals surface area contributed by atoms with Crippen molar-refractivity contribution < 1.29 is 10.2 Å². The van der Waals surface area contributed by atoms with E-state index in [0.29, 0.717) is 13.1 Å². The van der Waals surface area contributed by atoms with Crippen LogP contribution in [-0.2, 0) is 6.54 Å². The number of aromatic nitrogens is 1. The molecule has 0 saturated heterocycles. The molecule has 1 heterocycles. The predicted octanol–water partition coefficient (Wildman–Crippen LogP) is 0.223. The molecule has 0 aliphatic rings. The Morgan fingerprint density at radius 3 is 2.80 bits per heavy atom. The molecule has 84 valence electrons. The summed E-state index contributed by atoms with van der Waals surface area (Å²) in [5.41, 5.74) is 1.13. The number of aliphatic hydroxyl groups excluding tert-OH is 1. The van der Waals surface area contributed by atoms with E-state index in [-0.39, 0.29) is 6.61 Å². The summed E-state index contributed by atoms with van der Waals surface area (Å²) in [7, 11) is 0. The molecule has 1 unspecified atom stereocenters. The lowest BCUT2D eigenvalue weighted by Crippen LogP contribution is -2.40. The Bertz CT molecular complexity index is 313. The third-order valence-corrected chi connectivity index (χ3v) is 2.11. The molecule has 4 nitrogen and oxygen atoms in total. The summed E-state index contributed by atoms with van der Waals surface area (Å²) in [5.74, 6) is 0. The predicted molar refractivity (Wildman–Crippen MR) is 58.4 cm³/mol. The van der Waals surface area contributed by atoms with E-state index >= 15 is 0 Å². The Balaban J connectivity index is 2.38. The Morgan fingerprint density at radius 1 is 1.47 bits per heavy atom. The van der Waals surface area contributed by atoms with Gasteiger partial charge in [0, 0.05) is 25.5 Å². The molecular formula is C11H18N2O2. The first-order chi connectivity index (χ1) is 7.03. The van der Waals surface area contributed by atoms with E-state index in [9.17, 15) is 5.11 Å². The highest BCUT2D eigenvalue weighted by atomic mass is 16.3. The minimum atomic E-state index is -1.06. The van der Waals surface area contributed by atoms with E-state index in [0.717, 1.165) is 11.1 Å². The van der Waals surface area contributed by atoms with Crippen LogP contribution in [0.25, 0.3) is 0 Å². The third kappa shape index (κ3) is 4.38. The van der Waals surface area contributed by atoms with Crippen molar-refractivity contribution >= 4 is 0 Å². The largest absolute Gasteiger partial charge is 0.393 e. The number of hydrogen-bond acceptors (Lipinski definition) is 4. The lowest BCUT2D eigenvalue weighted by Gasteiger charge is -2.20. The van der Waals surface area contributed by atoms with Gasteiger partial charge in [-0.05, 0) is 25.0 Å². The molecule has 15 heavy (non-hydrogen) atoms. The second-order valence-electron chi connectivity index (χ2n) is 4.13. The quantitative estimate of drug-likeness (QED) is 0.650. The zero-order chi connectivity index (χ0) is 11.3. The van der Waals surface area contributed by atoms with Gasteiger partial charge in [0.25, 0.3) is 0 Å². The van der Waals surface area contributed by atoms with Gasteiger partial charge in [-0.3, -0.25) is 4.98 Å². The molecule has 0 fully saturated rings. The fourth-order valence-corrected chi connectivity index (χ4v) is 1.25. The highest BCUT2D eigenvalue weighted by molar-refractivity contribution is 5.16. The molecule has 4 heteroatoms. The van der Waals surface area contributed by atoms with Gasteiger partial charge in [-0.1, -0.05) is 6.07 Å². The summed E-state index contributed by atoms with van der Waals surface area (Å²) >= 11 is 0. The van der Waals surface area contributed by atoms with Crippen LogP contribution in [0, 0.1) is 6.92 Å². The molecule has 0 aliphatic carbocycles. The Morgan fingerprint density at radius 2 is 2.20 bits per heavy atom. The fraction of sp³-hybridized carbons (Fsp3) is 0.545. The first-order valence-corrected chi connectivity index (χ1v) is 4.98.